The van der Waals surface area contributed by atoms with Gasteiger partial charge >= 0.3 is 0 Å². The molecule has 0 aliphatic carbocycles. The maximum atomic E-state index is 5.54. The molecule has 0 radical (unpaired) electrons. The fraction of sp³-hybridized carbons (Fsp3) is 0.0408. The Kier molecular flexibility index (Phi) is 6.40. The molecule has 248 valence electrons. The molecule has 0 atom stereocenters. The number of aromatic nitrogens is 3. The lowest BCUT2D eigenvalue weighted by Crippen LogP contribution is -2.49. The molecule has 0 N–H and O–H groups in total. The molecule has 0 saturated carbocycles. The predicted octanol–water partition coefficient (Wildman–Crippen LogP) is 11.4. The zero-order chi connectivity index (χ0) is 35.3. The highest BCUT2D eigenvalue weighted by atomic mass is 28.3. The van der Waals surface area contributed by atoms with Gasteiger partial charge in [0.1, 0.15) is 8.07 Å². The standard InChI is InChI=1S/C49H33N3Si/c1-53(2)44-19-11-10-16-36(44)40-26-29-43-45(49(40)53)37-17-8-9-18-38(37)48(52-43)39-25-24-35(33-14-6-7-15-34(33)39)42-28-23-32-21-20-31-22-27-41(30-12-4-3-5-13-30)50-46(31)47(32)51-42/h3-29H,1-2H3. The molecule has 1 aliphatic heterocycles. The Morgan fingerprint density at radius 3 is 1.74 bits per heavy atom. The van der Waals surface area contributed by atoms with Crippen molar-refractivity contribution in [3.63, 3.8) is 0 Å². The molecule has 0 saturated heterocycles. The average molecular weight is 692 g/mol. The quantitative estimate of drug-likeness (QED) is 0.137. The zero-order valence-corrected chi connectivity index (χ0v) is 30.4. The molecule has 53 heavy (non-hydrogen) atoms. The van der Waals surface area contributed by atoms with Crippen molar-refractivity contribution in [2.45, 2.75) is 13.1 Å². The molecule has 11 rings (SSSR count). The van der Waals surface area contributed by atoms with Crippen LogP contribution in [0.3, 0.4) is 0 Å². The lowest BCUT2D eigenvalue weighted by Gasteiger charge is -2.22. The van der Waals surface area contributed by atoms with Gasteiger partial charge in [0, 0.05) is 38.2 Å². The summed E-state index contributed by atoms with van der Waals surface area (Å²) in [6.45, 7) is 4.99. The monoisotopic (exact) mass is 691 g/mol. The van der Waals surface area contributed by atoms with Crippen LogP contribution in [0, 0.1) is 0 Å². The van der Waals surface area contributed by atoms with E-state index in [1.807, 2.05) is 6.07 Å². The molecule has 3 aromatic heterocycles. The van der Waals surface area contributed by atoms with E-state index < -0.39 is 8.07 Å². The van der Waals surface area contributed by atoms with Gasteiger partial charge in [-0.05, 0) is 55.9 Å². The minimum absolute atomic E-state index is 0.911. The molecule has 4 heterocycles. The van der Waals surface area contributed by atoms with Crippen molar-refractivity contribution in [3.05, 3.63) is 164 Å². The summed E-state index contributed by atoms with van der Waals surface area (Å²) in [6, 6.07) is 58.8. The lowest BCUT2D eigenvalue weighted by atomic mass is 9.92. The van der Waals surface area contributed by atoms with Crippen LogP contribution in [-0.2, 0) is 0 Å². The van der Waals surface area contributed by atoms with Gasteiger partial charge in [0.05, 0.1) is 33.6 Å². The summed E-state index contributed by atoms with van der Waals surface area (Å²) in [5.74, 6) is 0. The van der Waals surface area contributed by atoms with Crippen LogP contribution in [0.1, 0.15) is 0 Å². The Hall–Kier alpha value is -6.49. The average Bonchev–Trinajstić information content (AvgIpc) is 3.46. The Balaban J connectivity index is 1.11. The number of fused-ring (bicyclic) bond motifs is 11. The van der Waals surface area contributed by atoms with E-state index in [1.54, 1.807) is 0 Å². The number of hydrogen-bond donors (Lipinski definition) is 0. The van der Waals surface area contributed by atoms with Gasteiger partial charge in [-0.25, -0.2) is 15.0 Å². The smallest absolute Gasteiger partial charge is 0.114 e. The minimum atomic E-state index is -1.96. The van der Waals surface area contributed by atoms with Gasteiger partial charge in [-0.1, -0.05) is 159 Å². The van der Waals surface area contributed by atoms with E-state index >= 15 is 0 Å². The first-order chi connectivity index (χ1) is 26.0. The first-order valence-electron chi connectivity index (χ1n) is 18.3. The van der Waals surface area contributed by atoms with Crippen LogP contribution in [-0.4, -0.2) is 23.0 Å². The zero-order valence-electron chi connectivity index (χ0n) is 29.4. The van der Waals surface area contributed by atoms with E-state index in [1.165, 1.54) is 37.7 Å². The normalized spacial score (nSPS) is 13.2. The highest BCUT2D eigenvalue weighted by molar-refractivity contribution is 7.05. The molecule has 1 aliphatic rings. The van der Waals surface area contributed by atoms with E-state index in [-0.39, 0.29) is 0 Å². The van der Waals surface area contributed by atoms with E-state index in [0.29, 0.717) is 0 Å². The van der Waals surface area contributed by atoms with Gasteiger partial charge in [0.25, 0.3) is 0 Å². The molecule has 0 spiro atoms. The number of hydrogen-bond acceptors (Lipinski definition) is 3. The first-order valence-corrected chi connectivity index (χ1v) is 21.3. The Morgan fingerprint density at radius 2 is 0.962 bits per heavy atom. The Bertz CT molecular complexity index is 3150. The van der Waals surface area contributed by atoms with Crippen LogP contribution < -0.4 is 10.4 Å². The lowest BCUT2D eigenvalue weighted by molar-refractivity contribution is 1.37. The first kappa shape index (κ1) is 30.2. The SMILES string of the molecule is C[Si]1(C)c2ccccc2-c2ccc3nc(-c4ccc(-c5ccc6ccc7ccc(-c8ccccc8)nc7c6n5)c5ccccc45)c4ccccc4c3c21. The van der Waals surface area contributed by atoms with Crippen LogP contribution in [0.2, 0.25) is 13.1 Å². The third kappa shape index (κ3) is 4.43. The third-order valence-corrected chi connectivity index (χ3v) is 15.0. The van der Waals surface area contributed by atoms with Crippen LogP contribution in [0.4, 0.5) is 0 Å². The molecule has 0 amide bonds. The van der Waals surface area contributed by atoms with Crippen molar-refractivity contribution in [2.24, 2.45) is 0 Å². The summed E-state index contributed by atoms with van der Waals surface area (Å²) < 4.78 is 0. The Labute approximate surface area is 308 Å². The van der Waals surface area contributed by atoms with Crippen molar-refractivity contribution in [1.29, 1.82) is 0 Å². The summed E-state index contributed by atoms with van der Waals surface area (Å²) in [6.07, 6.45) is 0. The molecule has 0 unspecified atom stereocenters. The number of pyridine rings is 3. The fourth-order valence-corrected chi connectivity index (χ4v) is 12.4. The van der Waals surface area contributed by atoms with E-state index in [4.69, 9.17) is 15.0 Å². The van der Waals surface area contributed by atoms with Crippen molar-refractivity contribution in [1.82, 2.24) is 15.0 Å². The molecule has 0 bridgehead atoms. The summed E-state index contributed by atoms with van der Waals surface area (Å²) >= 11 is 0. The highest BCUT2D eigenvalue weighted by Crippen LogP contribution is 2.41. The second-order valence-electron chi connectivity index (χ2n) is 14.7. The molecule has 4 heteroatoms. The van der Waals surface area contributed by atoms with Crippen molar-refractivity contribution < 1.29 is 0 Å². The van der Waals surface area contributed by atoms with E-state index in [9.17, 15) is 0 Å². The molecular formula is C49H33N3Si. The highest BCUT2D eigenvalue weighted by Gasteiger charge is 2.39. The topological polar surface area (TPSA) is 38.7 Å². The van der Waals surface area contributed by atoms with Gasteiger partial charge in [0.15, 0.2) is 0 Å². The van der Waals surface area contributed by atoms with E-state index in [0.717, 1.165) is 71.9 Å². The second-order valence-corrected chi connectivity index (χ2v) is 19.0. The van der Waals surface area contributed by atoms with E-state index in [2.05, 4.69) is 171 Å². The maximum Gasteiger partial charge on any atom is 0.114 e. The summed E-state index contributed by atoms with van der Waals surface area (Å²) in [5, 5.41) is 11.3. The van der Waals surface area contributed by atoms with Gasteiger partial charge in [0.2, 0.25) is 0 Å². The minimum Gasteiger partial charge on any atom is -0.247 e. The van der Waals surface area contributed by atoms with Crippen molar-refractivity contribution >= 4 is 72.7 Å². The summed E-state index contributed by atoms with van der Waals surface area (Å²) in [5.41, 5.74) is 11.9. The summed E-state index contributed by atoms with van der Waals surface area (Å²) in [7, 11) is -1.96. The Morgan fingerprint density at radius 1 is 0.396 bits per heavy atom. The summed E-state index contributed by atoms with van der Waals surface area (Å²) in [4.78, 5) is 16.0. The second kappa shape index (κ2) is 11.3. The van der Waals surface area contributed by atoms with Gasteiger partial charge < -0.3 is 0 Å². The van der Waals surface area contributed by atoms with Gasteiger partial charge in [-0.2, -0.15) is 0 Å². The van der Waals surface area contributed by atoms with Crippen LogP contribution in [0.25, 0.3) is 99.2 Å². The van der Waals surface area contributed by atoms with Crippen LogP contribution in [0.15, 0.2) is 164 Å². The molecule has 3 nitrogen and oxygen atoms in total. The molecular weight excluding hydrogens is 659 g/mol. The maximum absolute atomic E-state index is 5.54. The fourth-order valence-electron chi connectivity index (χ4n) is 8.94. The van der Waals surface area contributed by atoms with Crippen molar-refractivity contribution in [3.8, 4) is 44.9 Å². The largest absolute Gasteiger partial charge is 0.247 e. The molecule has 0 fully saturated rings. The van der Waals surface area contributed by atoms with Crippen LogP contribution >= 0.6 is 0 Å². The third-order valence-electron chi connectivity index (χ3n) is 11.4. The number of benzene rings is 7. The van der Waals surface area contributed by atoms with Crippen LogP contribution in [0.5, 0.6) is 0 Å². The molecule has 10 aromatic rings. The number of nitrogens with zero attached hydrogens (tertiary/aromatic N) is 3. The van der Waals surface area contributed by atoms with Gasteiger partial charge in [-0.3, -0.25) is 0 Å². The molecule has 7 aromatic carbocycles. The predicted molar refractivity (Wildman–Crippen MR) is 226 cm³/mol. The van der Waals surface area contributed by atoms with Crippen molar-refractivity contribution in [2.75, 3.05) is 0 Å². The number of rotatable bonds is 3. The van der Waals surface area contributed by atoms with Gasteiger partial charge in [-0.15, -0.1) is 0 Å².